The molecule has 0 heterocycles. The van der Waals surface area contributed by atoms with Crippen LogP contribution in [0.25, 0.3) is 0 Å². The molecule has 1 aromatic carbocycles. The van der Waals surface area contributed by atoms with E-state index in [1.165, 1.54) is 5.19 Å². The van der Waals surface area contributed by atoms with Crippen molar-refractivity contribution in [3.63, 3.8) is 0 Å². The van der Waals surface area contributed by atoms with Gasteiger partial charge in [0.25, 0.3) is 3.93 Å². The number of benzene rings is 1. The van der Waals surface area contributed by atoms with Crippen LogP contribution in [-0.4, -0.2) is 3.93 Å². The van der Waals surface area contributed by atoms with Crippen molar-refractivity contribution in [3.8, 4) is 0 Å². The molecule has 0 aliphatic carbocycles. The highest BCUT2D eigenvalue weighted by molar-refractivity contribution is 9.72. The first-order valence-electron chi connectivity index (χ1n) is 2.73. The van der Waals surface area contributed by atoms with E-state index in [2.05, 4.69) is 58.0 Å². The summed E-state index contributed by atoms with van der Waals surface area (Å²) in [5.41, 5.74) is 0. The Balaban J connectivity index is 2.97. The zero-order chi connectivity index (χ0) is 7.61. The van der Waals surface area contributed by atoms with Crippen molar-refractivity contribution in [1.82, 2.24) is 0 Å². The van der Waals surface area contributed by atoms with E-state index in [-0.39, 0.29) is 0 Å². The Hall–Kier alpha value is 0.877. The van der Waals surface area contributed by atoms with Gasteiger partial charge >= 0.3 is 0 Å². The van der Waals surface area contributed by atoms with Crippen LogP contribution in [0.5, 0.6) is 0 Å². The molecule has 0 aromatic heterocycles. The molecule has 0 aliphatic heterocycles. The molecule has 4 heteroatoms. The predicted molar refractivity (Wildman–Crippen MR) is 58.6 cm³/mol. The zero-order valence-corrected chi connectivity index (χ0v) is 10.8. The number of hydrogen-bond donors (Lipinski definition) is 0. The van der Waals surface area contributed by atoms with Gasteiger partial charge in [-0.3, -0.25) is 0 Å². The van der Waals surface area contributed by atoms with E-state index in [1.807, 2.05) is 18.2 Å². The van der Waals surface area contributed by atoms with Crippen molar-refractivity contribution in [2.24, 2.45) is 0 Å². The highest BCUT2D eigenvalue weighted by Gasteiger charge is 2.23. The summed E-state index contributed by atoms with van der Waals surface area (Å²) in [6.07, 6.45) is 0. The maximum absolute atomic E-state index is 3.56. The molecule has 0 saturated heterocycles. The Bertz CT molecular complexity index is 204. The van der Waals surface area contributed by atoms with Crippen LogP contribution in [0.15, 0.2) is 30.3 Å². The average molecular weight is 345 g/mol. The second-order valence-corrected chi connectivity index (χ2v) is 23.7. The van der Waals surface area contributed by atoms with Gasteiger partial charge in [-0.2, -0.15) is 0 Å². The fourth-order valence-electron chi connectivity index (χ4n) is 0.627. The van der Waals surface area contributed by atoms with Gasteiger partial charge in [-0.1, -0.05) is 76.2 Å². The molecule has 0 bridgehead atoms. The van der Waals surface area contributed by atoms with Gasteiger partial charge in [0.15, 0.2) is 0 Å². The highest BCUT2D eigenvalue weighted by atomic mass is 80.0. The lowest BCUT2D eigenvalue weighted by Crippen LogP contribution is -2.27. The molecule has 0 N–H and O–H groups in total. The molecule has 54 valence electrons. The van der Waals surface area contributed by atoms with Crippen LogP contribution in [0.4, 0.5) is 0 Å². The van der Waals surface area contributed by atoms with Gasteiger partial charge in [0.2, 0.25) is 0 Å². The van der Waals surface area contributed by atoms with Gasteiger partial charge < -0.3 is 0 Å². The van der Waals surface area contributed by atoms with Crippen LogP contribution < -0.4 is 5.19 Å². The average Bonchev–Trinajstić information content (AvgIpc) is 1.88. The van der Waals surface area contributed by atoms with E-state index in [0.29, 0.717) is 0 Å². The first kappa shape index (κ1) is 8.97. The summed E-state index contributed by atoms with van der Waals surface area (Å²) in [6.45, 7) is 0. The molecule has 0 nitrogen and oxygen atoms in total. The minimum Gasteiger partial charge on any atom is -0.0910 e. The summed E-state index contributed by atoms with van der Waals surface area (Å²) < 4.78 is -1.60. The monoisotopic (exact) mass is 342 g/mol. The summed E-state index contributed by atoms with van der Waals surface area (Å²) in [5, 5.41) is 1.29. The van der Waals surface area contributed by atoms with Crippen LogP contribution in [0.2, 0.25) is 0 Å². The Kier molecular flexibility index (Phi) is 3.15. The Morgan fingerprint density at radius 1 is 0.900 bits per heavy atom. The third-order valence-corrected chi connectivity index (χ3v) is 6.21. The minimum absolute atomic E-state index is 1.29. The van der Waals surface area contributed by atoms with Crippen molar-refractivity contribution >= 4 is 55.0 Å². The van der Waals surface area contributed by atoms with E-state index in [1.54, 1.807) is 0 Å². The smallest absolute Gasteiger partial charge is 0.0910 e. The van der Waals surface area contributed by atoms with Crippen molar-refractivity contribution in [2.75, 3.05) is 0 Å². The lowest BCUT2D eigenvalue weighted by atomic mass is 10.4. The maximum atomic E-state index is 3.56. The van der Waals surface area contributed by atoms with Crippen LogP contribution >= 0.6 is 45.9 Å². The van der Waals surface area contributed by atoms with Gasteiger partial charge in [-0.25, -0.2) is 0 Å². The van der Waals surface area contributed by atoms with E-state index in [9.17, 15) is 0 Å². The lowest BCUT2D eigenvalue weighted by molar-refractivity contribution is 1.77. The highest BCUT2D eigenvalue weighted by Crippen LogP contribution is 2.26. The maximum Gasteiger partial charge on any atom is 0.297 e. The van der Waals surface area contributed by atoms with Crippen LogP contribution in [0, 0.1) is 0 Å². The van der Waals surface area contributed by atoms with Gasteiger partial charge in [0.1, 0.15) is 0 Å². The van der Waals surface area contributed by atoms with Crippen molar-refractivity contribution in [3.05, 3.63) is 30.3 Å². The molecule has 0 atom stereocenters. The molecule has 1 aromatic rings. The molecular formula is C6H5Br3Si. The van der Waals surface area contributed by atoms with Crippen LogP contribution in [0.3, 0.4) is 0 Å². The molecule has 0 fully saturated rings. The predicted octanol–water partition coefficient (Wildman–Crippen LogP) is 3.02. The van der Waals surface area contributed by atoms with Crippen molar-refractivity contribution in [2.45, 2.75) is 0 Å². The molecule has 0 saturated carbocycles. The summed E-state index contributed by atoms with van der Waals surface area (Å²) >= 11 is 10.7. The molecule has 0 unspecified atom stereocenters. The largest absolute Gasteiger partial charge is 0.297 e. The standard InChI is InChI=1S/C6H5Br3Si/c7-10(8,9)6-4-2-1-3-5-6/h1-5H. The molecule has 10 heavy (non-hydrogen) atoms. The molecule has 0 aliphatic rings. The van der Waals surface area contributed by atoms with Crippen molar-refractivity contribution in [1.29, 1.82) is 0 Å². The third-order valence-electron chi connectivity index (χ3n) is 1.10. The van der Waals surface area contributed by atoms with Crippen molar-refractivity contribution < 1.29 is 0 Å². The first-order chi connectivity index (χ1) is 4.61. The lowest BCUT2D eigenvalue weighted by Gasteiger charge is -2.07. The van der Waals surface area contributed by atoms with E-state index in [4.69, 9.17) is 0 Å². The SMILES string of the molecule is Br[Si](Br)(Br)c1ccccc1. The third kappa shape index (κ3) is 2.49. The van der Waals surface area contributed by atoms with E-state index >= 15 is 0 Å². The van der Waals surface area contributed by atoms with Gasteiger partial charge in [0.05, 0.1) is 0 Å². The quantitative estimate of drug-likeness (QED) is 0.542. The zero-order valence-electron chi connectivity index (χ0n) is 5.02. The molecule has 1 rings (SSSR count). The topological polar surface area (TPSA) is 0 Å². The summed E-state index contributed by atoms with van der Waals surface area (Å²) in [6, 6.07) is 10.2. The molecule has 0 spiro atoms. The molecule has 0 amide bonds. The van der Waals surface area contributed by atoms with E-state index in [0.717, 1.165) is 0 Å². The summed E-state index contributed by atoms with van der Waals surface area (Å²) in [4.78, 5) is 0. The van der Waals surface area contributed by atoms with E-state index < -0.39 is 3.93 Å². The second-order valence-electron chi connectivity index (χ2n) is 1.86. The number of rotatable bonds is 1. The van der Waals surface area contributed by atoms with Crippen LogP contribution in [-0.2, 0) is 0 Å². The number of hydrogen-bond acceptors (Lipinski definition) is 0. The second kappa shape index (κ2) is 3.52. The Morgan fingerprint density at radius 2 is 1.40 bits per heavy atom. The molecular weight excluding hydrogens is 340 g/mol. The Morgan fingerprint density at radius 3 is 1.70 bits per heavy atom. The van der Waals surface area contributed by atoms with Crippen LogP contribution in [0.1, 0.15) is 0 Å². The van der Waals surface area contributed by atoms with Gasteiger partial charge in [-0.15, -0.1) is 0 Å². The number of halogens is 3. The summed E-state index contributed by atoms with van der Waals surface area (Å²) in [5.74, 6) is 0. The fourth-order valence-corrected chi connectivity index (χ4v) is 3.58. The minimum atomic E-state index is -1.60. The summed E-state index contributed by atoms with van der Waals surface area (Å²) in [7, 11) is 0. The van der Waals surface area contributed by atoms with Gasteiger partial charge in [-0.05, 0) is 5.19 Å². The van der Waals surface area contributed by atoms with Gasteiger partial charge in [0, 0.05) is 0 Å². The first-order valence-corrected chi connectivity index (χ1v) is 11.5. The molecule has 0 radical (unpaired) electrons. The normalized spacial score (nSPS) is 11.5. The fraction of sp³-hybridized carbons (Fsp3) is 0. The Labute approximate surface area is 84.8 Å².